The van der Waals surface area contributed by atoms with Gasteiger partial charge < -0.3 is 14.4 Å². The maximum absolute atomic E-state index is 13.6. The van der Waals surface area contributed by atoms with Crippen LogP contribution in [-0.4, -0.2) is 29.2 Å². The minimum atomic E-state index is -4.60. The second-order valence-electron chi connectivity index (χ2n) is 7.46. The molecule has 158 valence electrons. The smallest absolute Gasteiger partial charge is 0.421 e. The Balaban J connectivity index is 1.98. The second kappa shape index (κ2) is 8.88. The molecule has 1 heterocycles. The number of para-hydroxylation sites is 2. The van der Waals surface area contributed by atoms with E-state index in [1.165, 1.54) is 11.9 Å². The number of halogens is 3. The molecule has 0 N–H and O–H groups in total. The van der Waals surface area contributed by atoms with E-state index in [-0.39, 0.29) is 24.0 Å². The van der Waals surface area contributed by atoms with Crippen LogP contribution in [0.25, 0.3) is 0 Å². The molecule has 0 spiro atoms. The maximum atomic E-state index is 13.6. The molecule has 0 radical (unpaired) electrons. The summed E-state index contributed by atoms with van der Waals surface area (Å²) in [6.07, 6.45) is 0.965. The summed E-state index contributed by atoms with van der Waals surface area (Å²) in [5, 5.41) is 0. The van der Waals surface area contributed by atoms with Crippen molar-refractivity contribution in [1.82, 2.24) is 9.97 Å². The van der Waals surface area contributed by atoms with Crippen LogP contribution in [-0.2, 0) is 6.18 Å². The minimum Gasteiger partial charge on any atom is -0.489 e. The van der Waals surface area contributed by atoms with Gasteiger partial charge in [-0.05, 0) is 51.7 Å². The quantitative estimate of drug-likeness (QED) is 0.607. The van der Waals surface area contributed by atoms with Crippen molar-refractivity contribution in [2.75, 3.05) is 11.9 Å². The molecule has 1 aromatic heterocycles. The average molecular weight is 409 g/mol. The van der Waals surface area contributed by atoms with Crippen LogP contribution in [0.15, 0.2) is 30.5 Å². The molecule has 0 amide bonds. The number of rotatable bonds is 6. The van der Waals surface area contributed by atoms with Gasteiger partial charge >= 0.3 is 12.2 Å². The van der Waals surface area contributed by atoms with Crippen molar-refractivity contribution >= 4 is 11.5 Å². The van der Waals surface area contributed by atoms with E-state index in [9.17, 15) is 13.2 Å². The molecule has 1 aliphatic carbocycles. The Labute approximate surface area is 168 Å². The number of benzene rings is 1. The molecule has 8 heteroatoms. The highest BCUT2D eigenvalue weighted by atomic mass is 19.4. The number of hydrogen-bond acceptors (Lipinski definition) is 5. The first-order valence-electron chi connectivity index (χ1n) is 9.86. The third-order valence-electron chi connectivity index (χ3n) is 4.78. The van der Waals surface area contributed by atoms with E-state index in [1.54, 1.807) is 24.3 Å². The van der Waals surface area contributed by atoms with Gasteiger partial charge in [-0.3, -0.25) is 0 Å². The van der Waals surface area contributed by atoms with E-state index in [4.69, 9.17) is 9.47 Å². The largest absolute Gasteiger partial charge is 0.489 e. The summed E-state index contributed by atoms with van der Waals surface area (Å²) in [5.74, 6) is 0.213. The number of aromatic nitrogens is 2. The lowest BCUT2D eigenvalue weighted by Crippen LogP contribution is -2.23. The van der Waals surface area contributed by atoms with Crippen LogP contribution < -0.4 is 14.4 Å². The Morgan fingerprint density at radius 1 is 1.10 bits per heavy atom. The monoisotopic (exact) mass is 409 g/mol. The molecule has 3 rings (SSSR count). The lowest BCUT2D eigenvalue weighted by Gasteiger charge is -2.26. The first-order chi connectivity index (χ1) is 13.8. The Morgan fingerprint density at radius 2 is 1.79 bits per heavy atom. The summed E-state index contributed by atoms with van der Waals surface area (Å²) >= 11 is 0. The molecule has 2 aromatic rings. The molecule has 1 fully saturated rings. The zero-order chi connectivity index (χ0) is 21.0. The number of alkyl halides is 3. The minimum absolute atomic E-state index is 0.0333. The summed E-state index contributed by atoms with van der Waals surface area (Å²) in [4.78, 5) is 9.35. The first kappa shape index (κ1) is 21.2. The van der Waals surface area contributed by atoms with Crippen LogP contribution in [0.4, 0.5) is 24.7 Å². The van der Waals surface area contributed by atoms with Gasteiger partial charge in [-0.2, -0.15) is 18.2 Å². The Hall–Kier alpha value is -2.51. The molecular formula is C21H26F3N3O2. The standard InChI is InChI=1S/C21H26F3N3O2/c1-14(2)28-18-12-8-7-11-17(18)27(3)19-16(21(22,23)24)13-25-20(26-19)29-15-9-5-4-6-10-15/h7-8,11-15H,4-6,9-10H2,1-3H3. The van der Waals surface area contributed by atoms with Crippen molar-refractivity contribution in [2.45, 2.75) is 64.3 Å². The highest BCUT2D eigenvalue weighted by molar-refractivity contribution is 5.68. The summed E-state index contributed by atoms with van der Waals surface area (Å²) in [6.45, 7) is 3.72. The van der Waals surface area contributed by atoms with E-state index in [0.29, 0.717) is 11.4 Å². The van der Waals surface area contributed by atoms with E-state index in [1.807, 2.05) is 13.8 Å². The zero-order valence-corrected chi connectivity index (χ0v) is 16.9. The van der Waals surface area contributed by atoms with Gasteiger partial charge in [0.2, 0.25) is 0 Å². The molecule has 0 bridgehead atoms. The van der Waals surface area contributed by atoms with Crippen LogP contribution in [0.1, 0.15) is 51.5 Å². The summed E-state index contributed by atoms with van der Waals surface area (Å²) in [6, 6.07) is 6.90. The highest BCUT2D eigenvalue weighted by Gasteiger charge is 2.37. The van der Waals surface area contributed by atoms with Crippen molar-refractivity contribution in [2.24, 2.45) is 0 Å². The van der Waals surface area contributed by atoms with Crippen LogP contribution in [0.2, 0.25) is 0 Å². The first-order valence-corrected chi connectivity index (χ1v) is 9.86. The number of hydrogen-bond donors (Lipinski definition) is 0. The topological polar surface area (TPSA) is 47.5 Å². The van der Waals surface area contributed by atoms with Gasteiger partial charge in [0, 0.05) is 13.2 Å². The van der Waals surface area contributed by atoms with Crippen molar-refractivity contribution in [3.63, 3.8) is 0 Å². The van der Waals surface area contributed by atoms with Gasteiger partial charge in [0.15, 0.2) is 5.82 Å². The second-order valence-corrected chi connectivity index (χ2v) is 7.46. The third-order valence-corrected chi connectivity index (χ3v) is 4.78. The third kappa shape index (κ3) is 5.31. The molecule has 1 aliphatic rings. The van der Waals surface area contributed by atoms with Gasteiger partial charge in [-0.15, -0.1) is 0 Å². The average Bonchev–Trinajstić information content (AvgIpc) is 2.67. The van der Waals surface area contributed by atoms with Crippen molar-refractivity contribution in [3.05, 3.63) is 36.0 Å². The molecule has 0 atom stereocenters. The number of ether oxygens (including phenoxy) is 2. The molecule has 5 nitrogen and oxygen atoms in total. The van der Waals surface area contributed by atoms with Gasteiger partial charge in [-0.1, -0.05) is 18.6 Å². The Kier molecular flexibility index (Phi) is 6.49. The van der Waals surface area contributed by atoms with Gasteiger partial charge in [0.05, 0.1) is 11.8 Å². The fraction of sp³-hybridized carbons (Fsp3) is 0.524. The van der Waals surface area contributed by atoms with Crippen molar-refractivity contribution in [1.29, 1.82) is 0 Å². The molecule has 0 aliphatic heterocycles. The van der Waals surface area contributed by atoms with Crippen LogP contribution >= 0.6 is 0 Å². The molecule has 1 saturated carbocycles. The lowest BCUT2D eigenvalue weighted by atomic mass is 9.98. The van der Waals surface area contributed by atoms with E-state index < -0.39 is 11.7 Å². The molecule has 1 aromatic carbocycles. The van der Waals surface area contributed by atoms with Crippen molar-refractivity contribution in [3.8, 4) is 11.8 Å². The Bertz CT molecular complexity index is 821. The maximum Gasteiger partial charge on any atom is 0.421 e. The predicted molar refractivity (Wildman–Crippen MR) is 105 cm³/mol. The fourth-order valence-electron chi connectivity index (χ4n) is 3.40. The summed E-state index contributed by atoms with van der Waals surface area (Å²) < 4.78 is 52.5. The molecule has 0 unspecified atom stereocenters. The van der Waals surface area contributed by atoms with Gasteiger partial charge in [0.25, 0.3) is 0 Å². The predicted octanol–water partition coefficient (Wildman–Crippen LogP) is 5.76. The molecule has 0 saturated heterocycles. The lowest BCUT2D eigenvalue weighted by molar-refractivity contribution is -0.137. The van der Waals surface area contributed by atoms with Crippen LogP contribution in [0.3, 0.4) is 0 Å². The summed E-state index contributed by atoms with van der Waals surface area (Å²) in [7, 11) is 1.53. The van der Waals surface area contributed by atoms with E-state index >= 15 is 0 Å². The molecule has 29 heavy (non-hydrogen) atoms. The molecular weight excluding hydrogens is 383 g/mol. The fourth-order valence-corrected chi connectivity index (χ4v) is 3.40. The summed E-state index contributed by atoms with van der Waals surface area (Å²) in [5.41, 5.74) is -0.440. The zero-order valence-electron chi connectivity index (χ0n) is 16.9. The van der Waals surface area contributed by atoms with Gasteiger partial charge in [0.1, 0.15) is 17.4 Å². The number of nitrogens with zero attached hydrogens (tertiary/aromatic N) is 3. The van der Waals surface area contributed by atoms with Crippen LogP contribution in [0.5, 0.6) is 11.8 Å². The normalized spacial score (nSPS) is 15.4. The number of anilines is 2. The highest BCUT2D eigenvalue weighted by Crippen LogP contribution is 2.40. The Morgan fingerprint density at radius 3 is 2.45 bits per heavy atom. The van der Waals surface area contributed by atoms with Crippen molar-refractivity contribution < 1.29 is 22.6 Å². The van der Waals surface area contributed by atoms with Gasteiger partial charge in [-0.25, -0.2) is 4.98 Å². The van der Waals surface area contributed by atoms with E-state index in [0.717, 1.165) is 38.3 Å². The van der Waals surface area contributed by atoms with E-state index in [2.05, 4.69) is 9.97 Å². The SMILES string of the molecule is CC(C)Oc1ccccc1N(C)c1nc(OC2CCCCC2)ncc1C(F)(F)F. The van der Waals surface area contributed by atoms with Crippen LogP contribution in [0, 0.1) is 0 Å².